The van der Waals surface area contributed by atoms with Crippen LogP contribution in [0.5, 0.6) is 0 Å². The van der Waals surface area contributed by atoms with Crippen molar-refractivity contribution in [2.45, 2.75) is 26.7 Å². The summed E-state index contributed by atoms with van der Waals surface area (Å²) < 4.78 is 0. The van der Waals surface area contributed by atoms with E-state index in [2.05, 4.69) is 0 Å². The lowest BCUT2D eigenvalue weighted by atomic mass is 9.85. The van der Waals surface area contributed by atoms with Gasteiger partial charge in [0.2, 0.25) is 11.8 Å². The zero-order valence-electron chi connectivity index (χ0n) is 11.1. The van der Waals surface area contributed by atoms with Gasteiger partial charge in [-0.1, -0.05) is 13.8 Å². The van der Waals surface area contributed by atoms with Crippen LogP contribution in [0, 0.1) is 5.41 Å². The monoisotopic (exact) mass is 256 g/mol. The Hall–Kier alpha value is -1.59. The molecule has 6 heteroatoms. The summed E-state index contributed by atoms with van der Waals surface area (Å²) in [5.74, 6) is -1.14. The Kier molecular flexibility index (Phi) is 4.32. The van der Waals surface area contributed by atoms with Crippen molar-refractivity contribution in [3.05, 3.63) is 0 Å². The molecule has 1 aliphatic rings. The summed E-state index contributed by atoms with van der Waals surface area (Å²) in [7, 11) is 1.71. The van der Waals surface area contributed by atoms with E-state index in [4.69, 9.17) is 5.11 Å². The molecule has 102 valence electrons. The highest BCUT2D eigenvalue weighted by atomic mass is 16.4. The number of piperazine rings is 1. The van der Waals surface area contributed by atoms with Crippen LogP contribution in [0.2, 0.25) is 0 Å². The molecule has 1 heterocycles. The molecule has 2 amide bonds. The van der Waals surface area contributed by atoms with Gasteiger partial charge in [0.1, 0.15) is 0 Å². The number of carboxylic acids is 1. The molecule has 1 saturated heterocycles. The molecule has 0 saturated carbocycles. The predicted octanol–water partition coefficient (Wildman–Crippen LogP) is 0.178. The SMILES string of the molecule is CN1CCN(C(=O)CC(C)(C)CC(=O)O)CC1=O. The van der Waals surface area contributed by atoms with Crippen molar-refractivity contribution in [1.82, 2.24) is 9.80 Å². The van der Waals surface area contributed by atoms with Crippen molar-refractivity contribution in [3.8, 4) is 0 Å². The standard InChI is InChI=1S/C12H20N2O4/c1-12(2,7-11(17)18)6-9(15)14-5-4-13(3)10(16)8-14/h4-8H2,1-3H3,(H,17,18). The van der Waals surface area contributed by atoms with Crippen LogP contribution >= 0.6 is 0 Å². The van der Waals surface area contributed by atoms with Gasteiger partial charge in [-0.15, -0.1) is 0 Å². The maximum Gasteiger partial charge on any atom is 0.303 e. The average Bonchev–Trinajstić information content (AvgIpc) is 2.19. The molecular formula is C12H20N2O4. The normalized spacial score (nSPS) is 16.9. The van der Waals surface area contributed by atoms with E-state index in [1.54, 1.807) is 25.8 Å². The largest absolute Gasteiger partial charge is 0.481 e. The molecule has 6 nitrogen and oxygen atoms in total. The molecule has 18 heavy (non-hydrogen) atoms. The lowest BCUT2D eigenvalue weighted by molar-refractivity contribution is -0.146. The maximum absolute atomic E-state index is 12.0. The molecular weight excluding hydrogens is 236 g/mol. The number of likely N-dealkylation sites (N-methyl/N-ethyl adjacent to an activating group) is 1. The highest BCUT2D eigenvalue weighted by Gasteiger charge is 2.30. The van der Waals surface area contributed by atoms with Crippen LogP contribution < -0.4 is 0 Å². The number of carbonyl (C=O) groups excluding carboxylic acids is 2. The number of carboxylic acid groups (broad SMARTS) is 1. The molecule has 0 unspecified atom stereocenters. The molecule has 0 aromatic carbocycles. The molecule has 0 aromatic rings. The van der Waals surface area contributed by atoms with Gasteiger partial charge in [-0.3, -0.25) is 14.4 Å². The second-order valence-electron chi connectivity index (χ2n) is 5.54. The van der Waals surface area contributed by atoms with E-state index in [0.717, 1.165) is 0 Å². The summed E-state index contributed by atoms with van der Waals surface area (Å²) in [6.07, 6.45) is 0.0940. The van der Waals surface area contributed by atoms with Gasteiger partial charge in [-0.25, -0.2) is 0 Å². The number of nitrogens with zero attached hydrogens (tertiary/aromatic N) is 2. The topological polar surface area (TPSA) is 77.9 Å². The van der Waals surface area contributed by atoms with Crippen LogP contribution in [0.25, 0.3) is 0 Å². The van der Waals surface area contributed by atoms with Crippen molar-refractivity contribution in [3.63, 3.8) is 0 Å². The quantitative estimate of drug-likeness (QED) is 0.778. The first-order valence-electron chi connectivity index (χ1n) is 5.95. The highest BCUT2D eigenvalue weighted by Crippen LogP contribution is 2.26. The number of amides is 2. The van der Waals surface area contributed by atoms with Crippen molar-refractivity contribution in [2.24, 2.45) is 5.41 Å². The van der Waals surface area contributed by atoms with Crippen LogP contribution in [0.15, 0.2) is 0 Å². The van der Waals surface area contributed by atoms with E-state index in [0.29, 0.717) is 13.1 Å². The summed E-state index contributed by atoms with van der Waals surface area (Å²) >= 11 is 0. The Labute approximate surface area is 107 Å². The zero-order valence-corrected chi connectivity index (χ0v) is 11.1. The Morgan fingerprint density at radius 2 is 1.89 bits per heavy atom. The van der Waals surface area contributed by atoms with Crippen LogP contribution in [0.3, 0.4) is 0 Å². The molecule has 0 spiro atoms. The summed E-state index contributed by atoms with van der Waals surface area (Å²) in [6, 6.07) is 0. The van der Waals surface area contributed by atoms with Crippen LogP contribution in [-0.2, 0) is 14.4 Å². The number of carbonyl (C=O) groups is 3. The van der Waals surface area contributed by atoms with Gasteiger partial charge in [-0.05, 0) is 5.41 Å². The summed E-state index contributed by atoms with van der Waals surface area (Å²) in [5.41, 5.74) is -0.588. The van der Waals surface area contributed by atoms with E-state index in [1.165, 1.54) is 4.90 Å². The van der Waals surface area contributed by atoms with E-state index < -0.39 is 11.4 Å². The number of hydrogen-bond acceptors (Lipinski definition) is 3. The fourth-order valence-electron chi connectivity index (χ4n) is 1.96. The predicted molar refractivity (Wildman–Crippen MR) is 64.9 cm³/mol. The third-order valence-electron chi connectivity index (χ3n) is 3.07. The van der Waals surface area contributed by atoms with Crippen LogP contribution in [0.4, 0.5) is 0 Å². The summed E-state index contributed by atoms with van der Waals surface area (Å²) in [5, 5.41) is 8.76. The first-order chi connectivity index (χ1) is 8.21. The second kappa shape index (κ2) is 5.37. The first-order valence-corrected chi connectivity index (χ1v) is 5.95. The fraction of sp³-hybridized carbons (Fsp3) is 0.750. The van der Waals surface area contributed by atoms with Crippen LogP contribution in [0.1, 0.15) is 26.7 Å². The molecule has 1 N–H and O–H groups in total. The minimum Gasteiger partial charge on any atom is -0.481 e. The van der Waals surface area contributed by atoms with E-state index in [-0.39, 0.29) is 31.2 Å². The fourth-order valence-corrected chi connectivity index (χ4v) is 1.96. The minimum atomic E-state index is -0.915. The molecule has 1 aliphatic heterocycles. The maximum atomic E-state index is 12.0. The Morgan fingerprint density at radius 1 is 1.28 bits per heavy atom. The molecule has 0 radical (unpaired) electrons. The zero-order chi connectivity index (χ0) is 13.9. The number of rotatable bonds is 4. The Balaban J connectivity index is 2.55. The van der Waals surface area contributed by atoms with Crippen molar-refractivity contribution in [2.75, 3.05) is 26.7 Å². The summed E-state index contributed by atoms with van der Waals surface area (Å²) in [4.78, 5) is 37.3. The van der Waals surface area contributed by atoms with Gasteiger partial charge in [-0.2, -0.15) is 0 Å². The van der Waals surface area contributed by atoms with Gasteiger partial charge >= 0.3 is 5.97 Å². The van der Waals surface area contributed by atoms with Gasteiger partial charge in [0, 0.05) is 26.6 Å². The third kappa shape index (κ3) is 4.01. The molecule has 1 rings (SSSR count). The van der Waals surface area contributed by atoms with Gasteiger partial charge in [0.15, 0.2) is 0 Å². The van der Waals surface area contributed by atoms with E-state index in [9.17, 15) is 14.4 Å². The molecule has 1 fully saturated rings. The summed E-state index contributed by atoms with van der Waals surface area (Å²) in [6.45, 7) is 4.64. The number of hydrogen-bond donors (Lipinski definition) is 1. The van der Waals surface area contributed by atoms with Crippen molar-refractivity contribution < 1.29 is 19.5 Å². The van der Waals surface area contributed by atoms with Crippen molar-refractivity contribution in [1.29, 1.82) is 0 Å². The molecule has 0 bridgehead atoms. The highest BCUT2D eigenvalue weighted by molar-refractivity contribution is 5.86. The lowest BCUT2D eigenvalue weighted by Gasteiger charge is -2.34. The van der Waals surface area contributed by atoms with E-state index in [1.807, 2.05) is 0 Å². The smallest absolute Gasteiger partial charge is 0.303 e. The second-order valence-corrected chi connectivity index (χ2v) is 5.54. The van der Waals surface area contributed by atoms with Crippen LogP contribution in [-0.4, -0.2) is 59.4 Å². The first kappa shape index (κ1) is 14.5. The third-order valence-corrected chi connectivity index (χ3v) is 3.07. The van der Waals surface area contributed by atoms with Gasteiger partial charge in [0.25, 0.3) is 0 Å². The van der Waals surface area contributed by atoms with Gasteiger partial charge in [0.05, 0.1) is 13.0 Å². The lowest BCUT2D eigenvalue weighted by Crippen LogP contribution is -2.51. The van der Waals surface area contributed by atoms with Gasteiger partial charge < -0.3 is 14.9 Å². The van der Waals surface area contributed by atoms with E-state index >= 15 is 0 Å². The van der Waals surface area contributed by atoms with Crippen molar-refractivity contribution >= 4 is 17.8 Å². The Bertz CT molecular complexity index is 365. The minimum absolute atomic E-state index is 0.0551. The molecule has 0 aliphatic carbocycles. The molecule has 0 atom stereocenters. The average molecular weight is 256 g/mol. The Morgan fingerprint density at radius 3 is 2.39 bits per heavy atom. The molecule has 0 aromatic heterocycles. The number of aliphatic carboxylic acids is 1.